The number of rotatable bonds is 4. The predicted octanol–water partition coefficient (Wildman–Crippen LogP) is 4.16. The molecule has 0 atom stereocenters. The van der Waals surface area contributed by atoms with Gasteiger partial charge in [-0.2, -0.15) is 0 Å². The van der Waals surface area contributed by atoms with Gasteiger partial charge in [0.25, 0.3) is 0 Å². The highest BCUT2D eigenvalue weighted by atomic mass is 79.9. The number of aromatic nitrogens is 1. The molecule has 0 saturated heterocycles. The van der Waals surface area contributed by atoms with Crippen LogP contribution in [-0.2, 0) is 4.74 Å². The lowest BCUT2D eigenvalue weighted by atomic mass is 10.0. The van der Waals surface area contributed by atoms with E-state index >= 15 is 0 Å². The molecule has 1 fully saturated rings. The van der Waals surface area contributed by atoms with Crippen LogP contribution in [0.15, 0.2) is 33.3 Å². The summed E-state index contributed by atoms with van der Waals surface area (Å²) < 4.78 is 11.5. The van der Waals surface area contributed by atoms with Crippen LogP contribution < -0.4 is 0 Å². The van der Waals surface area contributed by atoms with E-state index in [0.29, 0.717) is 29.5 Å². The van der Waals surface area contributed by atoms with Crippen LogP contribution in [0.3, 0.4) is 0 Å². The van der Waals surface area contributed by atoms with E-state index in [9.17, 15) is 4.79 Å². The summed E-state index contributed by atoms with van der Waals surface area (Å²) in [6, 6.07) is 7.63. The number of hydrogen-bond donors (Lipinski definition) is 0. The van der Waals surface area contributed by atoms with Crippen molar-refractivity contribution in [3.63, 3.8) is 0 Å². The summed E-state index contributed by atoms with van der Waals surface area (Å²) in [5.74, 6) is 0.626. The van der Waals surface area contributed by atoms with Gasteiger partial charge in [0, 0.05) is 16.0 Å². The van der Waals surface area contributed by atoms with E-state index in [1.807, 2.05) is 24.3 Å². The molecule has 1 aliphatic carbocycles. The lowest BCUT2D eigenvalue weighted by Crippen LogP contribution is -2.07. The Hall–Kier alpha value is -1.62. The minimum absolute atomic E-state index is 0.311. The van der Waals surface area contributed by atoms with Gasteiger partial charge < -0.3 is 9.26 Å². The first-order valence-corrected chi connectivity index (χ1v) is 7.42. The number of carbonyl (C=O) groups is 1. The molecular formula is C15H14BrNO3. The number of ether oxygens (including phenoxy) is 1. The fraction of sp³-hybridized carbons (Fsp3) is 0.333. The molecule has 104 valence electrons. The zero-order chi connectivity index (χ0) is 14.1. The maximum absolute atomic E-state index is 12.2. The Balaban J connectivity index is 2.05. The molecule has 0 amide bonds. The molecule has 2 aromatic rings. The van der Waals surface area contributed by atoms with Crippen molar-refractivity contribution >= 4 is 21.9 Å². The molecule has 0 bridgehead atoms. The summed E-state index contributed by atoms with van der Waals surface area (Å²) in [5, 5.41) is 4.09. The Morgan fingerprint density at radius 2 is 2.10 bits per heavy atom. The van der Waals surface area contributed by atoms with E-state index in [1.54, 1.807) is 6.92 Å². The number of hydrogen-bond acceptors (Lipinski definition) is 4. The van der Waals surface area contributed by atoms with Gasteiger partial charge in [-0.3, -0.25) is 0 Å². The SMILES string of the molecule is CCOC(=O)c1c(-c2ccc(Br)cc2)noc1C1CC1. The quantitative estimate of drug-likeness (QED) is 0.787. The molecule has 1 aromatic carbocycles. The van der Waals surface area contributed by atoms with Gasteiger partial charge in [-0.1, -0.05) is 33.2 Å². The number of halogens is 1. The van der Waals surface area contributed by atoms with Gasteiger partial charge >= 0.3 is 5.97 Å². The third kappa shape index (κ3) is 2.50. The van der Waals surface area contributed by atoms with Crippen molar-refractivity contribution in [1.82, 2.24) is 5.16 Å². The number of benzene rings is 1. The van der Waals surface area contributed by atoms with E-state index in [4.69, 9.17) is 9.26 Å². The molecule has 1 heterocycles. The second kappa shape index (κ2) is 5.40. The maximum Gasteiger partial charge on any atom is 0.344 e. The van der Waals surface area contributed by atoms with Crippen LogP contribution in [0.1, 0.15) is 41.8 Å². The van der Waals surface area contributed by atoms with Crippen LogP contribution in [0.5, 0.6) is 0 Å². The molecule has 1 aliphatic rings. The average Bonchev–Trinajstić information content (AvgIpc) is 3.19. The van der Waals surface area contributed by atoms with Crippen molar-refractivity contribution < 1.29 is 14.1 Å². The molecule has 1 aromatic heterocycles. The Labute approximate surface area is 125 Å². The highest BCUT2D eigenvalue weighted by Gasteiger charge is 2.35. The molecule has 0 aliphatic heterocycles. The summed E-state index contributed by atoms with van der Waals surface area (Å²) in [6.07, 6.45) is 2.09. The smallest absolute Gasteiger partial charge is 0.344 e. The zero-order valence-corrected chi connectivity index (χ0v) is 12.6. The summed E-state index contributed by atoms with van der Waals surface area (Å²) in [4.78, 5) is 12.2. The number of nitrogens with zero attached hydrogens (tertiary/aromatic N) is 1. The Morgan fingerprint density at radius 1 is 1.40 bits per heavy atom. The monoisotopic (exact) mass is 335 g/mol. The van der Waals surface area contributed by atoms with Crippen LogP contribution in [0, 0.1) is 0 Å². The van der Waals surface area contributed by atoms with E-state index in [-0.39, 0.29) is 5.97 Å². The molecule has 4 nitrogen and oxygen atoms in total. The first-order chi connectivity index (χ1) is 9.70. The molecule has 20 heavy (non-hydrogen) atoms. The lowest BCUT2D eigenvalue weighted by Gasteiger charge is -2.03. The van der Waals surface area contributed by atoms with Crippen LogP contribution in [-0.4, -0.2) is 17.7 Å². The Morgan fingerprint density at radius 3 is 2.70 bits per heavy atom. The highest BCUT2D eigenvalue weighted by Crippen LogP contribution is 2.44. The topological polar surface area (TPSA) is 52.3 Å². The van der Waals surface area contributed by atoms with Gasteiger partial charge in [-0.25, -0.2) is 4.79 Å². The van der Waals surface area contributed by atoms with Gasteiger partial charge in [0.15, 0.2) is 5.76 Å². The van der Waals surface area contributed by atoms with E-state index in [0.717, 1.165) is 22.9 Å². The molecular weight excluding hydrogens is 322 g/mol. The van der Waals surface area contributed by atoms with Crippen molar-refractivity contribution in [2.45, 2.75) is 25.7 Å². The first kappa shape index (κ1) is 13.4. The third-order valence-corrected chi connectivity index (χ3v) is 3.79. The summed E-state index contributed by atoms with van der Waals surface area (Å²) in [7, 11) is 0. The number of carbonyl (C=O) groups excluding carboxylic acids is 1. The molecule has 1 saturated carbocycles. The van der Waals surface area contributed by atoms with E-state index in [2.05, 4.69) is 21.1 Å². The van der Waals surface area contributed by atoms with Crippen molar-refractivity contribution in [3.8, 4) is 11.3 Å². The Kier molecular flexibility index (Phi) is 3.61. The number of esters is 1. The second-order valence-electron chi connectivity index (χ2n) is 4.77. The first-order valence-electron chi connectivity index (χ1n) is 6.63. The molecule has 0 unspecified atom stereocenters. The van der Waals surface area contributed by atoms with E-state index < -0.39 is 0 Å². The fourth-order valence-electron chi connectivity index (χ4n) is 2.13. The van der Waals surface area contributed by atoms with Crippen LogP contribution >= 0.6 is 15.9 Å². The summed E-state index contributed by atoms with van der Waals surface area (Å²) in [6.45, 7) is 2.13. The molecule has 0 N–H and O–H groups in total. The normalized spacial score (nSPS) is 14.3. The largest absolute Gasteiger partial charge is 0.462 e. The van der Waals surface area contributed by atoms with Gasteiger partial charge in [-0.05, 0) is 31.9 Å². The minimum Gasteiger partial charge on any atom is -0.462 e. The van der Waals surface area contributed by atoms with Gasteiger partial charge in [-0.15, -0.1) is 0 Å². The van der Waals surface area contributed by atoms with Crippen LogP contribution in [0.2, 0.25) is 0 Å². The van der Waals surface area contributed by atoms with Crippen molar-refractivity contribution in [1.29, 1.82) is 0 Å². The highest BCUT2D eigenvalue weighted by molar-refractivity contribution is 9.10. The van der Waals surface area contributed by atoms with E-state index in [1.165, 1.54) is 0 Å². The van der Waals surface area contributed by atoms with Gasteiger partial charge in [0.05, 0.1) is 6.61 Å². The predicted molar refractivity (Wildman–Crippen MR) is 77.6 cm³/mol. The van der Waals surface area contributed by atoms with Gasteiger partial charge in [0.2, 0.25) is 0 Å². The van der Waals surface area contributed by atoms with Crippen LogP contribution in [0.4, 0.5) is 0 Å². The minimum atomic E-state index is -0.353. The summed E-state index contributed by atoms with van der Waals surface area (Å²) >= 11 is 3.39. The molecule has 5 heteroatoms. The van der Waals surface area contributed by atoms with Crippen molar-refractivity contribution in [2.24, 2.45) is 0 Å². The van der Waals surface area contributed by atoms with Crippen LogP contribution in [0.25, 0.3) is 11.3 Å². The molecule has 0 radical (unpaired) electrons. The molecule has 3 rings (SSSR count). The average molecular weight is 336 g/mol. The molecule has 0 spiro atoms. The van der Waals surface area contributed by atoms with Crippen molar-refractivity contribution in [2.75, 3.05) is 6.61 Å². The van der Waals surface area contributed by atoms with Crippen molar-refractivity contribution in [3.05, 3.63) is 40.1 Å². The lowest BCUT2D eigenvalue weighted by molar-refractivity contribution is 0.0524. The summed E-state index contributed by atoms with van der Waals surface area (Å²) in [5.41, 5.74) is 1.90. The third-order valence-electron chi connectivity index (χ3n) is 3.26. The van der Waals surface area contributed by atoms with Gasteiger partial charge in [0.1, 0.15) is 11.3 Å². The Bertz CT molecular complexity index is 629. The fourth-order valence-corrected chi connectivity index (χ4v) is 2.40. The standard InChI is InChI=1S/C15H14BrNO3/c1-2-19-15(18)12-13(9-5-7-11(16)8-6-9)17-20-14(12)10-3-4-10/h5-8,10H,2-4H2,1H3. The maximum atomic E-state index is 12.2. The second-order valence-corrected chi connectivity index (χ2v) is 5.69. The zero-order valence-electron chi connectivity index (χ0n) is 11.1.